The Morgan fingerprint density at radius 2 is 1.82 bits per heavy atom. The molecule has 0 saturated heterocycles. The number of hydrogen-bond acceptors (Lipinski definition) is 2. The molecule has 1 aromatic rings. The highest BCUT2D eigenvalue weighted by molar-refractivity contribution is 9.10. The van der Waals surface area contributed by atoms with Crippen molar-refractivity contribution in [3.05, 3.63) is 34.1 Å². The van der Waals surface area contributed by atoms with Crippen molar-refractivity contribution >= 4 is 35.7 Å². The lowest BCUT2D eigenvalue weighted by Crippen LogP contribution is -2.26. The Balaban J connectivity index is 3.49. The molecule has 0 radical (unpaired) electrons. The molecule has 96 valence electrons. The summed E-state index contributed by atoms with van der Waals surface area (Å²) in [6.45, 7) is 0. The highest BCUT2D eigenvalue weighted by Gasteiger charge is 2.50. The quantitative estimate of drug-likeness (QED) is 0.598. The maximum atomic E-state index is 12.9. The summed E-state index contributed by atoms with van der Waals surface area (Å²) in [6, 6.07) is 2.34. The third-order valence-electron chi connectivity index (χ3n) is 1.82. The predicted molar refractivity (Wildman–Crippen MR) is 57.7 cm³/mol. The van der Waals surface area contributed by atoms with Crippen molar-refractivity contribution in [2.75, 3.05) is 0 Å². The van der Waals surface area contributed by atoms with E-state index in [1.165, 1.54) is 0 Å². The van der Waals surface area contributed by atoms with Gasteiger partial charge in [-0.25, -0.2) is 12.8 Å². The maximum Gasteiger partial charge on any atom is 0.410 e. The smallest absolute Gasteiger partial charge is 0.211 e. The molecule has 0 N–H and O–H groups in total. The van der Waals surface area contributed by atoms with Gasteiger partial charge in [0.05, 0.1) is 0 Å². The van der Waals surface area contributed by atoms with E-state index in [-0.39, 0.29) is 4.47 Å². The Labute approximate surface area is 107 Å². The molecule has 0 aliphatic heterocycles. The zero-order chi connectivity index (χ0) is 13.4. The minimum atomic E-state index is -5.13. The van der Waals surface area contributed by atoms with Gasteiger partial charge in [0.15, 0.2) is 5.25 Å². The van der Waals surface area contributed by atoms with E-state index in [1.54, 1.807) is 0 Å². The van der Waals surface area contributed by atoms with Gasteiger partial charge in [0.2, 0.25) is 9.05 Å². The van der Waals surface area contributed by atoms with Crippen LogP contribution in [0.3, 0.4) is 0 Å². The van der Waals surface area contributed by atoms with Crippen molar-refractivity contribution in [2.45, 2.75) is 11.4 Å². The molecule has 2 nitrogen and oxygen atoms in total. The van der Waals surface area contributed by atoms with Crippen molar-refractivity contribution in [1.82, 2.24) is 0 Å². The summed E-state index contributed by atoms with van der Waals surface area (Å²) >= 11 is 2.73. The average Bonchev–Trinajstić information content (AvgIpc) is 2.06. The molecule has 0 bridgehead atoms. The molecule has 1 rings (SSSR count). The maximum absolute atomic E-state index is 12.9. The topological polar surface area (TPSA) is 34.1 Å². The van der Waals surface area contributed by atoms with Gasteiger partial charge in [-0.15, -0.1) is 0 Å². The second-order valence-electron chi connectivity index (χ2n) is 3.06. The van der Waals surface area contributed by atoms with E-state index in [2.05, 4.69) is 15.9 Å². The largest absolute Gasteiger partial charge is 0.410 e. The molecule has 1 atom stereocenters. The lowest BCUT2D eigenvalue weighted by molar-refractivity contribution is -0.131. The number of hydrogen-bond donors (Lipinski definition) is 0. The van der Waals surface area contributed by atoms with Crippen molar-refractivity contribution in [2.24, 2.45) is 0 Å². The monoisotopic (exact) mass is 354 g/mol. The second-order valence-corrected chi connectivity index (χ2v) is 6.63. The third-order valence-corrected chi connectivity index (χ3v) is 4.16. The Morgan fingerprint density at radius 3 is 2.24 bits per heavy atom. The van der Waals surface area contributed by atoms with Crippen molar-refractivity contribution in [3.8, 4) is 0 Å². The number of benzene rings is 1. The minimum Gasteiger partial charge on any atom is -0.211 e. The first-order valence-electron chi connectivity index (χ1n) is 3.98. The van der Waals surface area contributed by atoms with Gasteiger partial charge in [-0.1, -0.05) is 15.9 Å². The minimum absolute atomic E-state index is 0.189. The number of rotatable bonds is 2. The summed E-state index contributed by atoms with van der Waals surface area (Å²) in [4.78, 5) is 0. The van der Waals surface area contributed by atoms with Gasteiger partial charge >= 0.3 is 6.18 Å². The second kappa shape index (κ2) is 4.74. The number of alkyl halides is 3. The fourth-order valence-corrected chi connectivity index (χ4v) is 3.24. The summed E-state index contributed by atoms with van der Waals surface area (Å²) in [5.41, 5.74) is -0.785. The van der Waals surface area contributed by atoms with E-state index in [0.717, 1.165) is 12.1 Å². The van der Waals surface area contributed by atoms with E-state index in [9.17, 15) is 26.0 Å². The first-order valence-corrected chi connectivity index (χ1v) is 7.15. The summed E-state index contributed by atoms with van der Waals surface area (Å²) in [7, 11) is -0.213. The van der Waals surface area contributed by atoms with Gasteiger partial charge in [0.25, 0.3) is 0 Å². The van der Waals surface area contributed by atoms with Crippen LogP contribution in [0.4, 0.5) is 17.6 Å². The van der Waals surface area contributed by atoms with Gasteiger partial charge in [-0.05, 0) is 23.8 Å². The molecule has 0 aromatic heterocycles. The van der Waals surface area contributed by atoms with Crippen molar-refractivity contribution in [1.29, 1.82) is 0 Å². The molecule has 0 aliphatic rings. The lowest BCUT2D eigenvalue weighted by atomic mass is 10.1. The summed E-state index contributed by atoms with van der Waals surface area (Å²) in [6.07, 6.45) is -5.13. The van der Waals surface area contributed by atoms with Crippen LogP contribution >= 0.6 is 26.6 Å². The molecule has 0 saturated carbocycles. The fraction of sp³-hybridized carbons (Fsp3) is 0.250. The van der Waals surface area contributed by atoms with E-state index in [1.807, 2.05) is 0 Å². The van der Waals surface area contributed by atoms with E-state index in [4.69, 9.17) is 10.7 Å². The van der Waals surface area contributed by atoms with Crippen LogP contribution in [0.1, 0.15) is 10.8 Å². The van der Waals surface area contributed by atoms with Crippen LogP contribution in [-0.4, -0.2) is 14.6 Å². The Morgan fingerprint density at radius 1 is 1.29 bits per heavy atom. The highest BCUT2D eigenvalue weighted by atomic mass is 79.9. The van der Waals surface area contributed by atoms with E-state index >= 15 is 0 Å². The molecule has 9 heteroatoms. The summed E-state index contributed by atoms with van der Waals surface area (Å²) < 4.78 is 72.4. The van der Waals surface area contributed by atoms with Crippen LogP contribution in [0.15, 0.2) is 22.7 Å². The molecular formula is C8H4BrClF4O2S. The van der Waals surface area contributed by atoms with E-state index in [0.29, 0.717) is 6.07 Å². The normalized spacial score (nSPS) is 14.7. The molecule has 0 fully saturated rings. The van der Waals surface area contributed by atoms with Crippen LogP contribution in [0.5, 0.6) is 0 Å². The van der Waals surface area contributed by atoms with Gasteiger partial charge in [-0.3, -0.25) is 0 Å². The van der Waals surface area contributed by atoms with Crippen LogP contribution in [-0.2, 0) is 9.05 Å². The lowest BCUT2D eigenvalue weighted by Gasteiger charge is -2.18. The molecule has 0 amide bonds. The van der Waals surface area contributed by atoms with Crippen molar-refractivity contribution < 1.29 is 26.0 Å². The van der Waals surface area contributed by atoms with Gasteiger partial charge in [0, 0.05) is 15.2 Å². The summed E-state index contributed by atoms with van der Waals surface area (Å²) in [5, 5.41) is -2.97. The fourth-order valence-electron chi connectivity index (χ4n) is 1.20. The predicted octanol–water partition coefficient (Wildman–Crippen LogP) is 3.76. The van der Waals surface area contributed by atoms with E-state index < -0.39 is 31.9 Å². The zero-order valence-corrected chi connectivity index (χ0v) is 11.0. The van der Waals surface area contributed by atoms with Crippen LogP contribution in [0.2, 0.25) is 0 Å². The van der Waals surface area contributed by atoms with Gasteiger partial charge < -0.3 is 0 Å². The molecule has 17 heavy (non-hydrogen) atoms. The van der Waals surface area contributed by atoms with Crippen LogP contribution in [0.25, 0.3) is 0 Å². The molecular weight excluding hydrogens is 352 g/mol. The van der Waals surface area contributed by atoms with Crippen LogP contribution < -0.4 is 0 Å². The van der Waals surface area contributed by atoms with Crippen molar-refractivity contribution in [3.63, 3.8) is 0 Å². The molecule has 1 unspecified atom stereocenters. The molecule has 1 aromatic carbocycles. The highest BCUT2D eigenvalue weighted by Crippen LogP contribution is 2.43. The standard InChI is InChI=1S/C8H4BrClF4O2S/c9-6-2-1-4(11)3-5(6)7(8(12,13)14)17(10,15)16/h1-3,7H. The first-order chi connectivity index (χ1) is 7.53. The zero-order valence-electron chi connectivity index (χ0n) is 7.80. The van der Waals surface area contributed by atoms with Gasteiger partial charge in [-0.2, -0.15) is 13.2 Å². The Kier molecular flexibility index (Phi) is 4.10. The number of halogens is 6. The van der Waals surface area contributed by atoms with Crippen LogP contribution in [0, 0.1) is 5.82 Å². The summed E-state index contributed by atoms with van der Waals surface area (Å²) in [5.74, 6) is -0.988. The first kappa shape index (κ1) is 14.7. The Bertz CT molecular complexity index is 529. The SMILES string of the molecule is O=S(=O)(Cl)C(c1cc(F)ccc1Br)C(F)(F)F. The average molecular weight is 356 g/mol. The molecule has 0 spiro atoms. The third kappa shape index (κ3) is 3.56. The molecule has 0 heterocycles. The van der Waals surface area contributed by atoms with Gasteiger partial charge in [0.1, 0.15) is 5.82 Å². The Hall–Kier alpha value is -0.340. The molecule has 0 aliphatic carbocycles.